The highest BCUT2D eigenvalue weighted by atomic mass is 14.1. The van der Waals surface area contributed by atoms with E-state index in [9.17, 15) is 0 Å². The monoisotopic (exact) mass is 215 g/mol. The average Bonchev–Trinajstić information content (AvgIpc) is 2.37. The minimum atomic E-state index is 1.23. The molecule has 4 aromatic rings. The van der Waals surface area contributed by atoms with E-state index in [-0.39, 0.29) is 0 Å². The Balaban J connectivity index is 2.50. The molecule has 0 aromatic heterocycles. The Bertz CT molecular complexity index is 840. The largest absolute Gasteiger partial charge is 0.0610 e. The standard InChI is InChI=1S/C17H11/c1-11-10-14-6-2-4-12-8-9-13-5-3-7-15(11)17(13)16(12)14/h2-5,7-10H,1H3. The SMILES string of the molecule is Cc1cc2[c]ccc3ccc4cccc1c4c23. The van der Waals surface area contributed by atoms with Crippen molar-refractivity contribution in [2.75, 3.05) is 0 Å². The van der Waals surface area contributed by atoms with Crippen molar-refractivity contribution in [1.82, 2.24) is 0 Å². The van der Waals surface area contributed by atoms with Crippen molar-refractivity contribution in [2.24, 2.45) is 0 Å². The third kappa shape index (κ3) is 1.07. The zero-order chi connectivity index (χ0) is 11.4. The summed E-state index contributed by atoms with van der Waals surface area (Å²) in [7, 11) is 0. The van der Waals surface area contributed by atoms with Crippen molar-refractivity contribution in [3.63, 3.8) is 0 Å². The van der Waals surface area contributed by atoms with Crippen LogP contribution < -0.4 is 0 Å². The fraction of sp³-hybridized carbons (Fsp3) is 0.0588. The normalized spacial score (nSPS) is 11.8. The van der Waals surface area contributed by atoms with Gasteiger partial charge in [0.05, 0.1) is 0 Å². The molecule has 0 saturated heterocycles. The molecule has 0 amide bonds. The van der Waals surface area contributed by atoms with Gasteiger partial charge in [-0.25, -0.2) is 0 Å². The molecule has 4 rings (SSSR count). The third-order valence-electron chi connectivity index (χ3n) is 3.63. The summed E-state index contributed by atoms with van der Waals surface area (Å²) in [6.45, 7) is 2.18. The zero-order valence-corrected chi connectivity index (χ0v) is 9.62. The maximum absolute atomic E-state index is 3.35. The second-order valence-electron chi connectivity index (χ2n) is 4.65. The molecule has 0 aliphatic carbocycles. The van der Waals surface area contributed by atoms with Crippen LogP contribution >= 0.6 is 0 Å². The van der Waals surface area contributed by atoms with Gasteiger partial charge in [-0.2, -0.15) is 0 Å². The van der Waals surface area contributed by atoms with Gasteiger partial charge in [-0.15, -0.1) is 0 Å². The van der Waals surface area contributed by atoms with E-state index in [2.05, 4.69) is 55.5 Å². The smallest absolute Gasteiger partial charge is 0.00204 e. The maximum atomic E-state index is 3.35. The minimum absolute atomic E-state index is 1.23. The number of hydrogen-bond donors (Lipinski definition) is 0. The Hall–Kier alpha value is -2.08. The van der Waals surface area contributed by atoms with E-state index in [1.165, 1.54) is 37.9 Å². The molecule has 0 heterocycles. The summed E-state index contributed by atoms with van der Waals surface area (Å²) in [5, 5.41) is 7.96. The summed E-state index contributed by atoms with van der Waals surface area (Å²) in [5.74, 6) is 0. The second kappa shape index (κ2) is 2.98. The van der Waals surface area contributed by atoms with E-state index in [4.69, 9.17) is 0 Å². The molecule has 0 saturated carbocycles. The van der Waals surface area contributed by atoms with Crippen LogP contribution in [0.5, 0.6) is 0 Å². The van der Waals surface area contributed by atoms with E-state index in [1.807, 2.05) is 6.07 Å². The number of hydrogen-bond acceptors (Lipinski definition) is 0. The van der Waals surface area contributed by atoms with Crippen LogP contribution in [0.3, 0.4) is 0 Å². The lowest BCUT2D eigenvalue weighted by Gasteiger charge is -2.12. The van der Waals surface area contributed by atoms with E-state index >= 15 is 0 Å². The molecular weight excluding hydrogens is 204 g/mol. The highest BCUT2D eigenvalue weighted by molar-refractivity contribution is 6.23. The molecule has 0 spiro atoms. The molecular formula is C17H11. The molecule has 0 atom stereocenters. The molecule has 0 N–H and O–H groups in total. The topological polar surface area (TPSA) is 0 Å². The number of aryl methyl sites for hydroxylation is 1. The Morgan fingerprint density at radius 1 is 0.882 bits per heavy atom. The molecule has 1 radical (unpaired) electrons. The molecule has 4 aromatic carbocycles. The Morgan fingerprint density at radius 3 is 2.59 bits per heavy atom. The lowest BCUT2D eigenvalue weighted by Crippen LogP contribution is -1.86. The van der Waals surface area contributed by atoms with Gasteiger partial charge in [0, 0.05) is 0 Å². The van der Waals surface area contributed by atoms with Crippen LogP contribution in [0.1, 0.15) is 5.56 Å². The minimum Gasteiger partial charge on any atom is -0.0610 e. The van der Waals surface area contributed by atoms with Crippen molar-refractivity contribution >= 4 is 32.3 Å². The first-order valence-corrected chi connectivity index (χ1v) is 5.89. The fourth-order valence-corrected chi connectivity index (χ4v) is 2.85. The van der Waals surface area contributed by atoms with Crippen molar-refractivity contribution in [3.05, 3.63) is 60.2 Å². The Labute approximate surface area is 99.8 Å². The molecule has 0 unspecified atom stereocenters. The van der Waals surface area contributed by atoms with Gasteiger partial charge in [0.2, 0.25) is 0 Å². The first-order valence-electron chi connectivity index (χ1n) is 5.89. The van der Waals surface area contributed by atoms with Gasteiger partial charge >= 0.3 is 0 Å². The van der Waals surface area contributed by atoms with E-state index in [0.717, 1.165) is 0 Å². The number of benzene rings is 4. The van der Waals surface area contributed by atoms with Gasteiger partial charge in [-0.3, -0.25) is 0 Å². The van der Waals surface area contributed by atoms with Crippen LogP contribution in [0.4, 0.5) is 0 Å². The van der Waals surface area contributed by atoms with Gasteiger partial charge in [-0.05, 0) is 50.9 Å². The van der Waals surface area contributed by atoms with Gasteiger partial charge in [0.25, 0.3) is 0 Å². The first-order chi connectivity index (χ1) is 8.34. The Kier molecular flexibility index (Phi) is 1.58. The van der Waals surface area contributed by atoms with Crippen LogP contribution in [0.2, 0.25) is 0 Å². The fourth-order valence-electron chi connectivity index (χ4n) is 2.85. The second-order valence-corrected chi connectivity index (χ2v) is 4.65. The van der Waals surface area contributed by atoms with Crippen molar-refractivity contribution in [3.8, 4) is 0 Å². The van der Waals surface area contributed by atoms with Gasteiger partial charge in [0.15, 0.2) is 0 Å². The van der Waals surface area contributed by atoms with Gasteiger partial charge in [-0.1, -0.05) is 48.5 Å². The van der Waals surface area contributed by atoms with Crippen LogP contribution in [-0.4, -0.2) is 0 Å². The average molecular weight is 215 g/mol. The highest BCUT2D eigenvalue weighted by Gasteiger charge is 2.08. The third-order valence-corrected chi connectivity index (χ3v) is 3.63. The summed E-state index contributed by atoms with van der Waals surface area (Å²) in [6.07, 6.45) is 0. The molecule has 79 valence electrons. The summed E-state index contributed by atoms with van der Waals surface area (Å²) in [6, 6.07) is 20.7. The molecule has 0 fully saturated rings. The van der Waals surface area contributed by atoms with Crippen molar-refractivity contribution in [2.45, 2.75) is 6.92 Å². The molecule has 0 nitrogen and oxygen atoms in total. The molecule has 0 aliphatic rings. The lowest BCUT2D eigenvalue weighted by molar-refractivity contribution is 1.56. The van der Waals surface area contributed by atoms with Crippen molar-refractivity contribution in [1.29, 1.82) is 0 Å². The lowest BCUT2D eigenvalue weighted by atomic mass is 9.92. The molecule has 0 bridgehead atoms. The summed E-state index contributed by atoms with van der Waals surface area (Å²) < 4.78 is 0. The van der Waals surface area contributed by atoms with Crippen LogP contribution in [0.15, 0.2) is 48.5 Å². The summed E-state index contributed by atoms with van der Waals surface area (Å²) in [4.78, 5) is 0. The molecule has 0 aliphatic heterocycles. The highest BCUT2D eigenvalue weighted by Crippen LogP contribution is 2.35. The Morgan fingerprint density at radius 2 is 1.71 bits per heavy atom. The van der Waals surface area contributed by atoms with Gasteiger partial charge < -0.3 is 0 Å². The van der Waals surface area contributed by atoms with E-state index < -0.39 is 0 Å². The van der Waals surface area contributed by atoms with Gasteiger partial charge in [0.1, 0.15) is 0 Å². The zero-order valence-electron chi connectivity index (χ0n) is 9.62. The predicted octanol–water partition coefficient (Wildman–Crippen LogP) is 4.69. The summed E-state index contributed by atoms with van der Waals surface area (Å²) in [5.41, 5.74) is 1.33. The van der Waals surface area contributed by atoms with Crippen LogP contribution in [0.25, 0.3) is 32.3 Å². The predicted molar refractivity (Wildman–Crippen MR) is 73.7 cm³/mol. The van der Waals surface area contributed by atoms with Crippen LogP contribution in [-0.2, 0) is 0 Å². The van der Waals surface area contributed by atoms with E-state index in [0.29, 0.717) is 0 Å². The quantitative estimate of drug-likeness (QED) is 0.373. The number of rotatable bonds is 0. The molecule has 17 heavy (non-hydrogen) atoms. The first kappa shape index (κ1) is 9.00. The van der Waals surface area contributed by atoms with Crippen molar-refractivity contribution < 1.29 is 0 Å². The van der Waals surface area contributed by atoms with E-state index in [1.54, 1.807) is 0 Å². The summed E-state index contributed by atoms with van der Waals surface area (Å²) >= 11 is 0. The van der Waals surface area contributed by atoms with Crippen LogP contribution in [0, 0.1) is 13.0 Å². The maximum Gasteiger partial charge on any atom is -0.00204 e. The molecule has 0 heteroatoms.